The van der Waals surface area contributed by atoms with E-state index in [2.05, 4.69) is 44.3 Å². The van der Waals surface area contributed by atoms with Crippen molar-refractivity contribution in [2.24, 2.45) is 17.8 Å². The van der Waals surface area contributed by atoms with Crippen LogP contribution >= 0.6 is 0 Å². The van der Waals surface area contributed by atoms with Crippen LogP contribution in [0.5, 0.6) is 5.75 Å². The van der Waals surface area contributed by atoms with E-state index in [1.807, 2.05) is 0 Å². The summed E-state index contributed by atoms with van der Waals surface area (Å²) in [5.41, 5.74) is 2.61. The smallest absolute Gasteiger partial charge is 0.124 e. The highest BCUT2D eigenvalue weighted by Crippen LogP contribution is 2.48. The molecule has 2 heteroatoms. The van der Waals surface area contributed by atoms with Crippen molar-refractivity contribution in [3.05, 3.63) is 29.3 Å². The Hall–Kier alpha value is -1.02. The standard InChI is InChI=1S/C19H29NO/c1-4-20-14(3)18-9-13(2)5-8-19(18)21-12-17-11-15-6-7-16(17)10-15/h5,8-9,14-17,20H,4,6-7,10-12H2,1-3H3. The number of nitrogens with one attached hydrogen (secondary N) is 1. The van der Waals surface area contributed by atoms with Gasteiger partial charge in [0.1, 0.15) is 5.75 Å². The second-order valence-electron chi connectivity index (χ2n) is 7.07. The predicted octanol–water partition coefficient (Wildman–Crippen LogP) is 4.48. The van der Waals surface area contributed by atoms with Gasteiger partial charge in [-0.3, -0.25) is 0 Å². The molecule has 1 aromatic rings. The van der Waals surface area contributed by atoms with Gasteiger partial charge in [-0.15, -0.1) is 0 Å². The molecule has 0 radical (unpaired) electrons. The zero-order chi connectivity index (χ0) is 14.8. The first kappa shape index (κ1) is 14.9. The summed E-state index contributed by atoms with van der Waals surface area (Å²) in [6.07, 6.45) is 5.76. The minimum Gasteiger partial charge on any atom is -0.493 e. The number of hydrogen-bond donors (Lipinski definition) is 1. The highest BCUT2D eigenvalue weighted by Gasteiger charge is 2.39. The van der Waals surface area contributed by atoms with E-state index in [-0.39, 0.29) is 0 Å². The predicted molar refractivity (Wildman–Crippen MR) is 87.7 cm³/mol. The molecule has 2 aliphatic rings. The Kier molecular flexibility index (Phi) is 4.54. The molecule has 2 bridgehead atoms. The van der Waals surface area contributed by atoms with Crippen LogP contribution in [0, 0.1) is 24.7 Å². The Balaban J connectivity index is 1.66. The van der Waals surface area contributed by atoms with E-state index in [4.69, 9.17) is 4.74 Å². The summed E-state index contributed by atoms with van der Waals surface area (Å²) in [6, 6.07) is 6.94. The van der Waals surface area contributed by atoms with Crippen molar-refractivity contribution < 1.29 is 4.74 Å². The van der Waals surface area contributed by atoms with Gasteiger partial charge in [0, 0.05) is 11.6 Å². The van der Waals surface area contributed by atoms with E-state index in [1.165, 1.54) is 36.8 Å². The fourth-order valence-electron chi connectivity index (χ4n) is 4.33. The van der Waals surface area contributed by atoms with Crippen molar-refractivity contribution in [3.63, 3.8) is 0 Å². The number of hydrogen-bond acceptors (Lipinski definition) is 2. The van der Waals surface area contributed by atoms with Gasteiger partial charge in [0.05, 0.1) is 6.61 Å². The highest BCUT2D eigenvalue weighted by atomic mass is 16.5. The summed E-state index contributed by atoms with van der Waals surface area (Å²) >= 11 is 0. The first-order valence-corrected chi connectivity index (χ1v) is 8.64. The lowest BCUT2D eigenvalue weighted by atomic mass is 9.89. The van der Waals surface area contributed by atoms with Crippen molar-refractivity contribution in [1.29, 1.82) is 0 Å². The molecule has 3 rings (SSSR count). The Labute approximate surface area is 129 Å². The Morgan fingerprint density at radius 2 is 2.14 bits per heavy atom. The molecule has 2 fully saturated rings. The fraction of sp³-hybridized carbons (Fsp3) is 0.684. The Morgan fingerprint density at radius 3 is 2.81 bits per heavy atom. The first-order chi connectivity index (χ1) is 10.2. The fourth-order valence-corrected chi connectivity index (χ4v) is 4.33. The van der Waals surface area contributed by atoms with Gasteiger partial charge in [0.25, 0.3) is 0 Å². The van der Waals surface area contributed by atoms with Crippen LogP contribution in [0.1, 0.15) is 56.7 Å². The van der Waals surface area contributed by atoms with Gasteiger partial charge in [-0.05, 0) is 63.5 Å². The third-order valence-electron chi connectivity index (χ3n) is 5.48. The third kappa shape index (κ3) is 3.26. The molecule has 2 nitrogen and oxygen atoms in total. The van der Waals surface area contributed by atoms with E-state index in [0.29, 0.717) is 6.04 Å². The Morgan fingerprint density at radius 1 is 1.29 bits per heavy atom. The van der Waals surface area contributed by atoms with Crippen molar-refractivity contribution in [1.82, 2.24) is 5.32 Å². The lowest BCUT2D eigenvalue weighted by molar-refractivity contribution is 0.193. The average Bonchev–Trinajstić information content (AvgIpc) is 3.08. The van der Waals surface area contributed by atoms with Gasteiger partial charge in [-0.1, -0.05) is 31.0 Å². The molecular formula is C19H29NO. The molecule has 2 aliphatic carbocycles. The lowest BCUT2D eigenvalue weighted by Crippen LogP contribution is -2.21. The second kappa shape index (κ2) is 6.39. The molecule has 0 saturated heterocycles. The van der Waals surface area contributed by atoms with Crippen molar-refractivity contribution >= 4 is 0 Å². The maximum Gasteiger partial charge on any atom is 0.124 e. The lowest BCUT2D eigenvalue weighted by Gasteiger charge is -2.24. The molecule has 21 heavy (non-hydrogen) atoms. The number of aryl methyl sites for hydroxylation is 1. The molecule has 4 atom stereocenters. The summed E-state index contributed by atoms with van der Waals surface area (Å²) in [4.78, 5) is 0. The summed E-state index contributed by atoms with van der Waals surface area (Å²) < 4.78 is 6.26. The van der Waals surface area contributed by atoms with Gasteiger partial charge in [-0.25, -0.2) is 0 Å². The second-order valence-corrected chi connectivity index (χ2v) is 7.07. The van der Waals surface area contributed by atoms with Crippen LogP contribution in [0.4, 0.5) is 0 Å². The van der Waals surface area contributed by atoms with Gasteiger partial charge in [0.15, 0.2) is 0 Å². The van der Waals surface area contributed by atoms with Crippen LogP contribution in [0.25, 0.3) is 0 Å². The molecule has 0 aliphatic heterocycles. The van der Waals surface area contributed by atoms with Crippen LogP contribution in [0.3, 0.4) is 0 Å². The topological polar surface area (TPSA) is 21.3 Å². The van der Waals surface area contributed by atoms with E-state index in [9.17, 15) is 0 Å². The molecule has 4 unspecified atom stereocenters. The van der Waals surface area contributed by atoms with Gasteiger partial charge in [0.2, 0.25) is 0 Å². The summed E-state index contributed by atoms with van der Waals surface area (Å²) in [5.74, 6) is 3.82. The van der Waals surface area contributed by atoms with Crippen molar-refractivity contribution in [3.8, 4) is 5.75 Å². The molecule has 0 heterocycles. The minimum absolute atomic E-state index is 0.352. The molecular weight excluding hydrogens is 258 g/mol. The average molecular weight is 287 g/mol. The minimum atomic E-state index is 0.352. The highest BCUT2D eigenvalue weighted by molar-refractivity contribution is 5.39. The van der Waals surface area contributed by atoms with Crippen LogP contribution in [0.15, 0.2) is 18.2 Å². The van der Waals surface area contributed by atoms with Gasteiger partial charge in [-0.2, -0.15) is 0 Å². The Bertz CT molecular complexity index is 484. The SMILES string of the molecule is CCNC(C)c1cc(C)ccc1OCC1CC2CCC1C2. The molecule has 1 aromatic carbocycles. The van der Waals surface area contributed by atoms with Gasteiger partial charge < -0.3 is 10.1 Å². The molecule has 116 valence electrons. The van der Waals surface area contributed by atoms with Crippen LogP contribution in [-0.4, -0.2) is 13.2 Å². The largest absolute Gasteiger partial charge is 0.493 e. The molecule has 0 amide bonds. The maximum atomic E-state index is 6.26. The first-order valence-electron chi connectivity index (χ1n) is 8.64. The summed E-state index contributed by atoms with van der Waals surface area (Å²) in [6.45, 7) is 8.43. The van der Waals surface area contributed by atoms with E-state index in [0.717, 1.165) is 36.7 Å². The van der Waals surface area contributed by atoms with E-state index >= 15 is 0 Å². The van der Waals surface area contributed by atoms with Crippen LogP contribution in [-0.2, 0) is 0 Å². The van der Waals surface area contributed by atoms with Gasteiger partial charge >= 0.3 is 0 Å². The number of fused-ring (bicyclic) bond motifs is 2. The monoisotopic (exact) mass is 287 g/mol. The molecule has 2 saturated carbocycles. The number of ether oxygens (including phenoxy) is 1. The van der Waals surface area contributed by atoms with Crippen LogP contribution in [0.2, 0.25) is 0 Å². The van der Waals surface area contributed by atoms with Crippen molar-refractivity contribution in [2.45, 2.75) is 52.5 Å². The zero-order valence-electron chi connectivity index (χ0n) is 13.7. The number of benzene rings is 1. The number of rotatable bonds is 6. The maximum absolute atomic E-state index is 6.26. The molecule has 1 N–H and O–H groups in total. The van der Waals surface area contributed by atoms with Crippen molar-refractivity contribution in [2.75, 3.05) is 13.2 Å². The zero-order valence-corrected chi connectivity index (χ0v) is 13.7. The normalized spacial score (nSPS) is 28.8. The van der Waals surface area contributed by atoms with E-state index < -0.39 is 0 Å². The molecule has 0 spiro atoms. The third-order valence-corrected chi connectivity index (χ3v) is 5.48. The van der Waals surface area contributed by atoms with E-state index in [1.54, 1.807) is 0 Å². The summed E-state index contributed by atoms with van der Waals surface area (Å²) in [7, 11) is 0. The summed E-state index contributed by atoms with van der Waals surface area (Å²) in [5, 5.41) is 3.50. The van der Waals surface area contributed by atoms with Crippen LogP contribution < -0.4 is 10.1 Å². The molecule has 0 aromatic heterocycles. The quantitative estimate of drug-likeness (QED) is 0.833.